The summed E-state index contributed by atoms with van der Waals surface area (Å²) in [6.07, 6.45) is 1.81. The molecule has 1 aromatic heterocycles. The molecule has 1 saturated heterocycles. The lowest BCUT2D eigenvalue weighted by Crippen LogP contribution is -2.48. The highest BCUT2D eigenvalue weighted by molar-refractivity contribution is 9.10. The molecule has 0 atom stereocenters. The van der Waals surface area contributed by atoms with E-state index in [1.165, 1.54) is 0 Å². The third-order valence-electron chi connectivity index (χ3n) is 4.16. The molecule has 7 heteroatoms. The van der Waals surface area contributed by atoms with Crippen molar-refractivity contribution >= 4 is 33.3 Å². The van der Waals surface area contributed by atoms with Crippen LogP contribution >= 0.6 is 15.9 Å². The van der Waals surface area contributed by atoms with Crippen LogP contribution in [0.3, 0.4) is 0 Å². The second-order valence-electron chi connectivity index (χ2n) is 5.85. The number of hydrogen-bond donors (Lipinski definition) is 1. The van der Waals surface area contributed by atoms with E-state index < -0.39 is 0 Å². The van der Waals surface area contributed by atoms with Crippen molar-refractivity contribution < 1.29 is 9.53 Å². The predicted molar refractivity (Wildman–Crippen MR) is 102 cm³/mol. The summed E-state index contributed by atoms with van der Waals surface area (Å²) in [5, 5.41) is 2.92. The first-order chi connectivity index (χ1) is 12.2. The van der Waals surface area contributed by atoms with Crippen LogP contribution in [0.2, 0.25) is 0 Å². The largest absolute Gasteiger partial charge is 0.495 e. The van der Waals surface area contributed by atoms with E-state index in [-0.39, 0.29) is 5.91 Å². The van der Waals surface area contributed by atoms with E-state index in [1.54, 1.807) is 7.11 Å². The summed E-state index contributed by atoms with van der Waals surface area (Å²) in [7, 11) is 1.60. The number of carbonyl (C=O) groups is 1. The Morgan fingerprint density at radius 3 is 2.64 bits per heavy atom. The van der Waals surface area contributed by atoms with Crippen LogP contribution in [0.5, 0.6) is 5.75 Å². The summed E-state index contributed by atoms with van der Waals surface area (Å²) in [4.78, 5) is 21.1. The Labute approximate surface area is 155 Å². The van der Waals surface area contributed by atoms with Crippen LogP contribution in [-0.2, 0) is 4.79 Å². The maximum atomic E-state index is 12.3. The van der Waals surface area contributed by atoms with E-state index in [9.17, 15) is 4.79 Å². The minimum atomic E-state index is -0.0280. The second-order valence-corrected chi connectivity index (χ2v) is 6.76. The maximum Gasteiger partial charge on any atom is 0.238 e. The molecule has 1 fully saturated rings. The normalized spacial score (nSPS) is 15.0. The van der Waals surface area contributed by atoms with Crippen molar-refractivity contribution in [3.63, 3.8) is 0 Å². The molecule has 1 aromatic carbocycles. The molecule has 0 bridgehead atoms. The molecule has 132 valence electrons. The number of hydrogen-bond acceptors (Lipinski definition) is 5. The monoisotopic (exact) mass is 404 g/mol. The fourth-order valence-corrected chi connectivity index (χ4v) is 3.07. The molecule has 3 rings (SSSR count). The molecule has 1 aliphatic heterocycles. The van der Waals surface area contributed by atoms with Gasteiger partial charge in [0.25, 0.3) is 0 Å². The van der Waals surface area contributed by atoms with Crippen LogP contribution in [0.4, 0.5) is 11.5 Å². The molecular formula is C18H21BrN4O2. The number of pyridine rings is 1. The molecule has 0 aliphatic carbocycles. The number of piperazine rings is 1. The van der Waals surface area contributed by atoms with Crippen molar-refractivity contribution in [2.45, 2.75) is 0 Å². The second kappa shape index (κ2) is 8.31. The standard InChI is InChI=1S/C18H21BrN4O2/c1-25-16-5-3-2-4-15(16)21-18(24)13-22-8-10-23(11-9-22)17-7-6-14(19)12-20-17/h2-7,12H,8-11,13H2,1H3,(H,21,24). The van der Waals surface area contributed by atoms with Crippen LogP contribution in [0.25, 0.3) is 0 Å². The van der Waals surface area contributed by atoms with Gasteiger partial charge in [0, 0.05) is 36.8 Å². The molecule has 2 aromatic rings. The lowest BCUT2D eigenvalue weighted by molar-refractivity contribution is -0.117. The minimum Gasteiger partial charge on any atom is -0.495 e. The number of para-hydroxylation sites is 2. The van der Waals surface area contributed by atoms with Gasteiger partial charge in [-0.25, -0.2) is 4.98 Å². The van der Waals surface area contributed by atoms with Gasteiger partial charge in [0.1, 0.15) is 11.6 Å². The van der Waals surface area contributed by atoms with Gasteiger partial charge in [-0.15, -0.1) is 0 Å². The number of carbonyl (C=O) groups excluding carboxylic acids is 1. The summed E-state index contributed by atoms with van der Waals surface area (Å²) in [5.41, 5.74) is 0.702. The van der Waals surface area contributed by atoms with Crippen molar-refractivity contribution in [2.24, 2.45) is 0 Å². The Hall–Kier alpha value is -2.12. The Balaban J connectivity index is 1.50. The quantitative estimate of drug-likeness (QED) is 0.829. The fraction of sp³-hybridized carbons (Fsp3) is 0.333. The molecule has 0 saturated carbocycles. The number of halogens is 1. The third-order valence-corrected chi connectivity index (χ3v) is 4.63. The third kappa shape index (κ3) is 4.70. The highest BCUT2D eigenvalue weighted by atomic mass is 79.9. The van der Waals surface area contributed by atoms with E-state index in [0.717, 1.165) is 36.5 Å². The molecule has 1 N–H and O–H groups in total. The van der Waals surface area contributed by atoms with Gasteiger partial charge in [0.2, 0.25) is 5.91 Å². The molecule has 6 nitrogen and oxygen atoms in total. The van der Waals surface area contributed by atoms with Gasteiger partial charge in [0.05, 0.1) is 19.3 Å². The molecule has 0 unspecified atom stereocenters. The number of rotatable bonds is 5. The predicted octanol–water partition coefficient (Wildman–Crippen LogP) is 2.61. The molecule has 0 spiro atoms. The highest BCUT2D eigenvalue weighted by Gasteiger charge is 2.20. The molecule has 1 amide bonds. The number of anilines is 2. The SMILES string of the molecule is COc1ccccc1NC(=O)CN1CCN(c2ccc(Br)cn2)CC1. The average molecular weight is 405 g/mol. The van der Waals surface area contributed by atoms with E-state index in [4.69, 9.17) is 4.74 Å². The van der Waals surface area contributed by atoms with Crippen molar-refractivity contribution in [1.82, 2.24) is 9.88 Å². The highest BCUT2D eigenvalue weighted by Crippen LogP contribution is 2.23. The Morgan fingerprint density at radius 1 is 1.20 bits per heavy atom. The van der Waals surface area contributed by atoms with Gasteiger partial charge in [-0.2, -0.15) is 0 Å². The Morgan fingerprint density at radius 2 is 1.96 bits per heavy atom. The lowest BCUT2D eigenvalue weighted by Gasteiger charge is -2.35. The summed E-state index contributed by atoms with van der Waals surface area (Å²) in [6.45, 7) is 3.75. The first-order valence-electron chi connectivity index (χ1n) is 8.17. The number of nitrogens with zero attached hydrogens (tertiary/aromatic N) is 3. The van der Waals surface area contributed by atoms with Crippen LogP contribution in [-0.4, -0.2) is 55.6 Å². The zero-order valence-corrected chi connectivity index (χ0v) is 15.7. The first-order valence-corrected chi connectivity index (χ1v) is 8.97. The zero-order valence-electron chi connectivity index (χ0n) is 14.1. The Kier molecular flexibility index (Phi) is 5.88. The molecule has 2 heterocycles. The fourth-order valence-electron chi connectivity index (χ4n) is 2.83. The topological polar surface area (TPSA) is 57.7 Å². The van der Waals surface area contributed by atoms with Crippen molar-refractivity contribution in [3.8, 4) is 5.75 Å². The van der Waals surface area contributed by atoms with Gasteiger partial charge in [0.15, 0.2) is 0 Å². The molecule has 1 aliphatic rings. The van der Waals surface area contributed by atoms with E-state index in [0.29, 0.717) is 18.0 Å². The van der Waals surface area contributed by atoms with Gasteiger partial charge in [-0.3, -0.25) is 9.69 Å². The minimum absolute atomic E-state index is 0.0280. The van der Waals surface area contributed by atoms with Crippen LogP contribution in [0.15, 0.2) is 47.1 Å². The van der Waals surface area contributed by atoms with Gasteiger partial charge >= 0.3 is 0 Å². The number of nitrogens with one attached hydrogen (secondary N) is 1. The van der Waals surface area contributed by atoms with Gasteiger partial charge in [-0.05, 0) is 40.2 Å². The number of amides is 1. The summed E-state index contributed by atoms with van der Waals surface area (Å²) in [6, 6.07) is 11.4. The van der Waals surface area contributed by atoms with Crippen molar-refractivity contribution in [3.05, 3.63) is 47.1 Å². The van der Waals surface area contributed by atoms with Gasteiger partial charge in [-0.1, -0.05) is 12.1 Å². The number of methoxy groups -OCH3 is 1. The van der Waals surface area contributed by atoms with Crippen molar-refractivity contribution in [1.29, 1.82) is 0 Å². The van der Waals surface area contributed by atoms with Gasteiger partial charge < -0.3 is 15.0 Å². The molecule has 0 radical (unpaired) electrons. The summed E-state index contributed by atoms with van der Waals surface area (Å²) in [5.74, 6) is 1.61. The maximum absolute atomic E-state index is 12.3. The molecular weight excluding hydrogens is 384 g/mol. The average Bonchev–Trinajstić information content (AvgIpc) is 2.63. The lowest BCUT2D eigenvalue weighted by atomic mass is 10.2. The molecule has 25 heavy (non-hydrogen) atoms. The summed E-state index contributed by atoms with van der Waals surface area (Å²) >= 11 is 3.40. The van der Waals surface area contributed by atoms with Crippen LogP contribution in [0, 0.1) is 0 Å². The Bertz CT molecular complexity index is 715. The van der Waals surface area contributed by atoms with E-state index in [1.807, 2.05) is 42.6 Å². The van der Waals surface area contributed by atoms with Crippen molar-refractivity contribution in [2.75, 3.05) is 50.1 Å². The van der Waals surface area contributed by atoms with Crippen LogP contribution in [0.1, 0.15) is 0 Å². The van der Waals surface area contributed by atoms with E-state index >= 15 is 0 Å². The number of ether oxygens (including phenoxy) is 1. The van der Waals surface area contributed by atoms with E-state index in [2.05, 4.69) is 36.0 Å². The smallest absolute Gasteiger partial charge is 0.238 e. The summed E-state index contributed by atoms with van der Waals surface area (Å²) < 4.78 is 6.24. The zero-order chi connectivity index (χ0) is 17.6. The number of benzene rings is 1. The van der Waals surface area contributed by atoms with Crippen LogP contribution < -0.4 is 15.0 Å². The first kappa shape index (κ1) is 17.7. The number of aromatic nitrogens is 1.